The molecule has 1 heterocycles. The Kier molecular flexibility index (Phi) is 6.93. The van der Waals surface area contributed by atoms with Crippen molar-refractivity contribution in [2.45, 2.75) is 32.4 Å². The van der Waals surface area contributed by atoms with Crippen molar-refractivity contribution in [1.82, 2.24) is 4.90 Å². The van der Waals surface area contributed by atoms with Crippen LogP contribution in [0.1, 0.15) is 35.7 Å². The Morgan fingerprint density at radius 3 is 2.39 bits per heavy atom. The van der Waals surface area contributed by atoms with Crippen LogP contribution in [0.2, 0.25) is 0 Å². The van der Waals surface area contributed by atoms with Gasteiger partial charge in [-0.15, -0.1) is 0 Å². The van der Waals surface area contributed by atoms with Crippen molar-refractivity contribution in [3.63, 3.8) is 0 Å². The molecule has 28 heavy (non-hydrogen) atoms. The molecule has 0 saturated carbocycles. The van der Waals surface area contributed by atoms with E-state index in [1.807, 2.05) is 50.2 Å². The first kappa shape index (κ1) is 20.2. The minimum Gasteiger partial charge on any atom is -0.494 e. The van der Waals surface area contributed by atoms with E-state index < -0.39 is 0 Å². The SMILES string of the molecule is CCOc1ccc(C(=O)N(Cc2ccc(N(C)C)cc2)CC2CCCO2)cc1. The zero-order valence-corrected chi connectivity index (χ0v) is 17.1. The lowest BCUT2D eigenvalue weighted by Crippen LogP contribution is -2.37. The summed E-state index contributed by atoms with van der Waals surface area (Å²) in [6, 6.07) is 15.7. The smallest absolute Gasteiger partial charge is 0.254 e. The number of hydrogen-bond acceptors (Lipinski definition) is 4. The fourth-order valence-corrected chi connectivity index (χ4v) is 3.42. The van der Waals surface area contributed by atoms with Gasteiger partial charge in [0.25, 0.3) is 5.91 Å². The van der Waals surface area contributed by atoms with E-state index >= 15 is 0 Å². The van der Waals surface area contributed by atoms with Gasteiger partial charge in [0.1, 0.15) is 5.75 Å². The van der Waals surface area contributed by atoms with E-state index in [2.05, 4.69) is 29.2 Å². The van der Waals surface area contributed by atoms with Crippen LogP contribution in [0.5, 0.6) is 5.75 Å². The average molecular weight is 383 g/mol. The highest BCUT2D eigenvalue weighted by Gasteiger charge is 2.23. The Morgan fingerprint density at radius 2 is 1.82 bits per heavy atom. The number of carbonyl (C=O) groups is 1. The van der Waals surface area contributed by atoms with E-state index in [0.717, 1.165) is 36.4 Å². The predicted molar refractivity (Wildman–Crippen MR) is 112 cm³/mol. The number of anilines is 1. The lowest BCUT2D eigenvalue weighted by molar-refractivity contribution is 0.0507. The highest BCUT2D eigenvalue weighted by molar-refractivity contribution is 5.94. The first-order chi connectivity index (χ1) is 13.6. The van der Waals surface area contributed by atoms with E-state index in [0.29, 0.717) is 25.3 Å². The van der Waals surface area contributed by atoms with E-state index in [-0.39, 0.29) is 12.0 Å². The minimum atomic E-state index is 0.0234. The van der Waals surface area contributed by atoms with Crippen LogP contribution in [0.15, 0.2) is 48.5 Å². The maximum Gasteiger partial charge on any atom is 0.254 e. The molecule has 2 aromatic carbocycles. The number of amides is 1. The van der Waals surface area contributed by atoms with Gasteiger partial charge < -0.3 is 19.3 Å². The Labute approximate surface area is 167 Å². The number of nitrogens with zero attached hydrogens (tertiary/aromatic N) is 2. The van der Waals surface area contributed by atoms with E-state index in [1.54, 1.807) is 0 Å². The molecule has 0 aliphatic carbocycles. The lowest BCUT2D eigenvalue weighted by atomic mass is 10.1. The van der Waals surface area contributed by atoms with Crippen molar-refractivity contribution in [2.24, 2.45) is 0 Å². The fraction of sp³-hybridized carbons (Fsp3) is 0.435. The predicted octanol–water partition coefficient (Wildman–Crippen LogP) is 3.97. The molecule has 1 aliphatic rings. The fourth-order valence-electron chi connectivity index (χ4n) is 3.42. The van der Waals surface area contributed by atoms with Crippen LogP contribution in [0.4, 0.5) is 5.69 Å². The summed E-state index contributed by atoms with van der Waals surface area (Å²) in [6.45, 7) is 4.53. The molecule has 0 bridgehead atoms. The summed E-state index contributed by atoms with van der Waals surface area (Å²) >= 11 is 0. The van der Waals surface area contributed by atoms with Crippen molar-refractivity contribution in [3.05, 3.63) is 59.7 Å². The normalized spacial score (nSPS) is 16.0. The van der Waals surface area contributed by atoms with Gasteiger partial charge in [0.2, 0.25) is 0 Å². The molecule has 3 rings (SSSR count). The third kappa shape index (κ3) is 5.26. The van der Waals surface area contributed by atoms with Crippen molar-refractivity contribution >= 4 is 11.6 Å². The quantitative estimate of drug-likeness (QED) is 0.693. The molecule has 1 saturated heterocycles. The topological polar surface area (TPSA) is 42.0 Å². The summed E-state index contributed by atoms with van der Waals surface area (Å²) in [5, 5.41) is 0. The highest BCUT2D eigenvalue weighted by atomic mass is 16.5. The molecular weight excluding hydrogens is 352 g/mol. The zero-order chi connectivity index (χ0) is 19.9. The molecule has 5 heteroatoms. The van der Waals surface area contributed by atoms with Crippen LogP contribution in [0.3, 0.4) is 0 Å². The number of rotatable bonds is 8. The van der Waals surface area contributed by atoms with Crippen molar-refractivity contribution in [3.8, 4) is 5.75 Å². The van der Waals surface area contributed by atoms with Crippen LogP contribution in [-0.2, 0) is 11.3 Å². The molecule has 5 nitrogen and oxygen atoms in total. The maximum absolute atomic E-state index is 13.2. The number of hydrogen-bond donors (Lipinski definition) is 0. The van der Waals surface area contributed by atoms with E-state index in [9.17, 15) is 4.79 Å². The van der Waals surface area contributed by atoms with Gasteiger partial charge >= 0.3 is 0 Å². The molecule has 1 fully saturated rings. The molecule has 150 valence electrons. The zero-order valence-electron chi connectivity index (χ0n) is 17.1. The molecular formula is C23H30N2O3. The molecule has 0 radical (unpaired) electrons. The molecule has 2 aromatic rings. The molecule has 0 spiro atoms. The first-order valence-corrected chi connectivity index (χ1v) is 9.97. The molecule has 1 amide bonds. The number of benzene rings is 2. The second-order valence-electron chi connectivity index (χ2n) is 7.34. The van der Waals surface area contributed by atoms with Gasteiger partial charge in [-0.25, -0.2) is 0 Å². The van der Waals surface area contributed by atoms with Crippen LogP contribution >= 0.6 is 0 Å². The average Bonchev–Trinajstić information content (AvgIpc) is 3.21. The summed E-state index contributed by atoms with van der Waals surface area (Å²) in [6.07, 6.45) is 2.19. The van der Waals surface area contributed by atoms with Gasteiger partial charge in [0.15, 0.2) is 0 Å². The van der Waals surface area contributed by atoms with Crippen molar-refractivity contribution in [2.75, 3.05) is 38.8 Å². The largest absolute Gasteiger partial charge is 0.494 e. The monoisotopic (exact) mass is 382 g/mol. The Bertz CT molecular complexity index is 750. The summed E-state index contributed by atoms with van der Waals surface area (Å²) in [5.74, 6) is 0.805. The van der Waals surface area contributed by atoms with Crippen molar-refractivity contribution < 1.29 is 14.3 Å². The van der Waals surface area contributed by atoms with Crippen LogP contribution < -0.4 is 9.64 Å². The third-order valence-electron chi connectivity index (χ3n) is 4.97. The summed E-state index contributed by atoms with van der Waals surface area (Å²) < 4.78 is 11.3. The van der Waals surface area contributed by atoms with Gasteiger partial charge in [-0.05, 0) is 61.7 Å². The molecule has 1 atom stereocenters. The molecule has 1 aliphatic heterocycles. The Balaban J connectivity index is 1.76. The van der Waals surface area contributed by atoms with Gasteiger partial charge in [0, 0.05) is 45.0 Å². The first-order valence-electron chi connectivity index (χ1n) is 9.97. The van der Waals surface area contributed by atoms with E-state index in [1.165, 1.54) is 0 Å². The second-order valence-corrected chi connectivity index (χ2v) is 7.34. The van der Waals surface area contributed by atoms with Gasteiger partial charge in [-0.2, -0.15) is 0 Å². The Morgan fingerprint density at radius 1 is 1.11 bits per heavy atom. The van der Waals surface area contributed by atoms with Crippen LogP contribution in [-0.4, -0.2) is 50.8 Å². The van der Waals surface area contributed by atoms with Crippen LogP contribution in [0.25, 0.3) is 0 Å². The third-order valence-corrected chi connectivity index (χ3v) is 4.97. The summed E-state index contributed by atoms with van der Waals surface area (Å²) in [7, 11) is 4.04. The number of carbonyl (C=O) groups excluding carboxylic acids is 1. The van der Waals surface area contributed by atoms with Gasteiger partial charge in [-0.1, -0.05) is 12.1 Å². The van der Waals surface area contributed by atoms with Gasteiger partial charge in [0.05, 0.1) is 12.7 Å². The lowest BCUT2D eigenvalue weighted by Gasteiger charge is -2.26. The molecule has 0 aromatic heterocycles. The highest BCUT2D eigenvalue weighted by Crippen LogP contribution is 2.20. The van der Waals surface area contributed by atoms with Gasteiger partial charge in [-0.3, -0.25) is 4.79 Å². The maximum atomic E-state index is 13.2. The second kappa shape index (κ2) is 9.60. The Hall–Kier alpha value is -2.53. The van der Waals surface area contributed by atoms with Crippen LogP contribution in [0, 0.1) is 0 Å². The van der Waals surface area contributed by atoms with E-state index in [4.69, 9.17) is 9.47 Å². The minimum absolute atomic E-state index is 0.0234. The summed E-state index contributed by atoms with van der Waals surface area (Å²) in [4.78, 5) is 17.2. The van der Waals surface area contributed by atoms with Crippen molar-refractivity contribution in [1.29, 1.82) is 0 Å². The molecule has 0 N–H and O–H groups in total. The molecule has 1 unspecified atom stereocenters. The number of ether oxygens (including phenoxy) is 2. The standard InChI is InChI=1S/C23H30N2O3/c1-4-27-21-13-9-19(10-14-21)23(26)25(17-22-6-5-15-28-22)16-18-7-11-20(12-8-18)24(2)3/h7-14,22H,4-6,15-17H2,1-3H3. The summed E-state index contributed by atoms with van der Waals surface area (Å²) in [5.41, 5.74) is 2.93.